The van der Waals surface area contributed by atoms with Crippen molar-refractivity contribution < 1.29 is 4.42 Å². The molecule has 0 aliphatic carbocycles. The van der Waals surface area contributed by atoms with Crippen molar-refractivity contribution in [3.63, 3.8) is 0 Å². The number of hydrogen-bond acceptors (Lipinski definition) is 4. The summed E-state index contributed by atoms with van der Waals surface area (Å²) in [5.74, 6) is 0.835. The Morgan fingerprint density at radius 3 is 2.00 bits per heavy atom. The zero-order valence-corrected chi connectivity index (χ0v) is 27.5. The lowest BCUT2D eigenvalue weighted by molar-refractivity contribution is 0.329. The Morgan fingerprint density at radius 1 is 0.529 bits per heavy atom. The van der Waals surface area contributed by atoms with Gasteiger partial charge in [-0.2, -0.15) is 0 Å². The predicted octanol–water partition coefficient (Wildman–Crippen LogP) is 10.6. The number of rotatable bonds is 4. The number of benzene rings is 7. The van der Waals surface area contributed by atoms with Crippen LogP contribution in [0.25, 0.3) is 71.2 Å². The second-order valence-corrected chi connectivity index (χ2v) is 13.2. The summed E-state index contributed by atoms with van der Waals surface area (Å²) in [7, 11) is 0. The molecule has 0 spiro atoms. The Hall–Kier alpha value is -6.63. The molecule has 2 unspecified atom stereocenters. The van der Waals surface area contributed by atoms with Crippen LogP contribution in [0.3, 0.4) is 0 Å². The molecule has 0 bridgehead atoms. The Bertz CT molecular complexity index is 2970. The molecule has 6 nitrogen and oxygen atoms in total. The largest absolute Gasteiger partial charge is 0.454 e. The van der Waals surface area contributed by atoms with Gasteiger partial charge in [-0.25, -0.2) is 4.99 Å². The average Bonchev–Trinajstić information content (AvgIpc) is 3.86. The molecule has 4 heterocycles. The van der Waals surface area contributed by atoms with E-state index in [9.17, 15) is 0 Å². The molecule has 0 saturated heterocycles. The van der Waals surface area contributed by atoms with E-state index in [1.54, 1.807) is 0 Å². The molecule has 2 atom stereocenters. The molecular weight excluding hydrogens is 627 g/mol. The molecule has 11 rings (SSSR count). The molecule has 0 radical (unpaired) electrons. The Kier molecular flexibility index (Phi) is 6.05. The van der Waals surface area contributed by atoms with Crippen LogP contribution in [0.4, 0.5) is 0 Å². The summed E-state index contributed by atoms with van der Waals surface area (Å²) in [4.78, 5) is 5.22. The number of hydrogen-bond donors (Lipinski definition) is 2. The van der Waals surface area contributed by atoms with E-state index in [1.165, 1.54) is 21.7 Å². The summed E-state index contributed by atoms with van der Waals surface area (Å²) in [6, 6.07) is 57.6. The zero-order valence-electron chi connectivity index (χ0n) is 27.5. The molecule has 51 heavy (non-hydrogen) atoms. The molecule has 0 saturated carbocycles. The van der Waals surface area contributed by atoms with E-state index in [4.69, 9.17) is 9.41 Å². The molecule has 0 fully saturated rings. The quantitative estimate of drug-likeness (QED) is 0.198. The van der Waals surface area contributed by atoms with Gasteiger partial charge in [0.15, 0.2) is 11.9 Å². The van der Waals surface area contributed by atoms with Gasteiger partial charge in [0.25, 0.3) is 0 Å². The number of para-hydroxylation sites is 3. The van der Waals surface area contributed by atoms with Gasteiger partial charge in [0, 0.05) is 43.6 Å². The number of fused-ring (bicyclic) bond motifs is 11. The normalized spacial score (nSPS) is 16.4. The third-order valence-electron chi connectivity index (χ3n) is 10.4. The SMILES string of the molecule is c1ccc(C2=NC(c3ccccc3)NC(n3c4ccc5c(c6ccccc6n5-c5ccccc5)c4c4ccc5c6ccccc6oc5c43)N2)cc1. The first kappa shape index (κ1) is 28.2. The first-order valence-electron chi connectivity index (χ1n) is 17.4. The van der Waals surface area contributed by atoms with Crippen molar-refractivity contribution in [3.05, 3.63) is 175 Å². The van der Waals surface area contributed by atoms with Gasteiger partial charge >= 0.3 is 0 Å². The number of aromatic nitrogens is 2. The Balaban J connectivity index is 1.27. The zero-order chi connectivity index (χ0) is 33.5. The van der Waals surface area contributed by atoms with Gasteiger partial charge in [0.2, 0.25) is 0 Å². The van der Waals surface area contributed by atoms with E-state index in [2.05, 4.69) is 165 Å². The van der Waals surface area contributed by atoms with E-state index in [0.29, 0.717) is 0 Å². The molecule has 1 aliphatic heterocycles. The maximum atomic E-state index is 6.81. The molecule has 7 aromatic carbocycles. The molecule has 2 N–H and O–H groups in total. The molecule has 10 aromatic rings. The molecule has 242 valence electrons. The first-order valence-corrected chi connectivity index (χ1v) is 17.4. The highest BCUT2D eigenvalue weighted by atomic mass is 16.3. The number of furan rings is 1. The van der Waals surface area contributed by atoms with Crippen molar-refractivity contribution in [2.24, 2.45) is 4.99 Å². The first-order chi connectivity index (χ1) is 25.3. The van der Waals surface area contributed by atoms with Crippen molar-refractivity contribution in [2.45, 2.75) is 12.5 Å². The van der Waals surface area contributed by atoms with Crippen LogP contribution < -0.4 is 10.6 Å². The van der Waals surface area contributed by atoms with Crippen LogP contribution in [0.15, 0.2) is 173 Å². The van der Waals surface area contributed by atoms with Crippen molar-refractivity contribution in [3.8, 4) is 5.69 Å². The second-order valence-electron chi connectivity index (χ2n) is 13.2. The Labute approximate surface area is 292 Å². The van der Waals surface area contributed by atoms with Crippen molar-refractivity contribution in [2.75, 3.05) is 0 Å². The second kappa shape index (κ2) is 10.9. The summed E-state index contributed by atoms with van der Waals surface area (Å²) in [5.41, 5.74) is 9.49. The van der Waals surface area contributed by atoms with E-state index >= 15 is 0 Å². The fraction of sp³-hybridized carbons (Fsp3) is 0.0444. The molecule has 1 aliphatic rings. The maximum Gasteiger partial charge on any atom is 0.163 e. The third-order valence-corrected chi connectivity index (χ3v) is 10.4. The van der Waals surface area contributed by atoms with E-state index in [1.807, 2.05) is 18.2 Å². The van der Waals surface area contributed by atoms with Gasteiger partial charge in [-0.05, 0) is 48.0 Å². The standard InChI is InChI=1S/C45H31N5O/c1-4-14-28(15-5-1)43-46-44(29-16-6-2-7-17-29)48-45(47-43)50-37-27-26-36-39(33-21-10-12-22-35(33)49(36)30-18-8-3-9-19-30)40(37)34-25-24-32-31-20-11-13-23-38(31)51-42(32)41(34)50/h1-27,43,45,47H,(H,46,48). The predicted molar refractivity (Wildman–Crippen MR) is 209 cm³/mol. The fourth-order valence-electron chi connectivity index (χ4n) is 8.21. The third kappa shape index (κ3) is 4.17. The molecular formula is C45H31N5O. The van der Waals surface area contributed by atoms with Gasteiger partial charge in [-0.15, -0.1) is 0 Å². The minimum absolute atomic E-state index is 0.279. The summed E-state index contributed by atoms with van der Waals surface area (Å²) in [6.07, 6.45) is -0.639. The summed E-state index contributed by atoms with van der Waals surface area (Å²) < 4.78 is 11.6. The minimum atomic E-state index is -0.360. The average molecular weight is 658 g/mol. The highest BCUT2D eigenvalue weighted by Gasteiger charge is 2.30. The van der Waals surface area contributed by atoms with E-state index in [0.717, 1.165) is 66.5 Å². The van der Waals surface area contributed by atoms with Crippen molar-refractivity contribution in [1.82, 2.24) is 19.8 Å². The number of nitrogens with zero attached hydrogens (tertiary/aromatic N) is 3. The lowest BCUT2D eigenvalue weighted by Crippen LogP contribution is -2.47. The van der Waals surface area contributed by atoms with Crippen LogP contribution in [-0.4, -0.2) is 15.0 Å². The summed E-state index contributed by atoms with van der Waals surface area (Å²) >= 11 is 0. The fourth-order valence-corrected chi connectivity index (χ4v) is 8.21. The topological polar surface area (TPSA) is 59.4 Å². The van der Waals surface area contributed by atoms with Crippen LogP contribution in [0.1, 0.15) is 23.6 Å². The highest BCUT2D eigenvalue weighted by molar-refractivity contribution is 6.31. The van der Waals surface area contributed by atoms with Crippen LogP contribution in [0.5, 0.6) is 0 Å². The number of nitrogens with one attached hydrogen (secondary N) is 2. The summed E-state index contributed by atoms with van der Waals surface area (Å²) in [5, 5.41) is 14.7. The number of aliphatic imine (C=N–C) groups is 1. The van der Waals surface area contributed by atoms with Gasteiger partial charge in [0.05, 0.1) is 22.1 Å². The van der Waals surface area contributed by atoms with Gasteiger partial charge in [-0.3, -0.25) is 5.32 Å². The molecule has 0 amide bonds. The number of amidine groups is 1. The van der Waals surface area contributed by atoms with Crippen molar-refractivity contribution >= 4 is 71.4 Å². The summed E-state index contributed by atoms with van der Waals surface area (Å²) in [6.45, 7) is 0. The maximum absolute atomic E-state index is 6.81. The van der Waals surface area contributed by atoms with Crippen LogP contribution in [0.2, 0.25) is 0 Å². The van der Waals surface area contributed by atoms with Crippen LogP contribution in [-0.2, 0) is 0 Å². The molecule has 6 heteroatoms. The van der Waals surface area contributed by atoms with Crippen molar-refractivity contribution in [1.29, 1.82) is 0 Å². The Morgan fingerprint density at radius 2 is 1.18 bits per heavy atom. The monoisotopic (exact) mass is 657 g/mol. The lowest BCUT2D eigenvalue weighted by Gasteiger charge is -2.33. The minimum Gasteiger partial charge on any atom is -0.454 e. The van der Waals surface area contributed by atoms with Gasteiger partial charge < -0.3 is 18.9 Å². The van der Waals surface area contributed by atoms with E-state index < -0.39 is 0 Å². The van der Waals surface area contributed by atoms with E-state index in [-0.39, 0.29) is 12.5 Å². The van der Waals surface area contributed by atoms with Crippen LogP contribution >= 0.6 is 0 Å². The van der Waals surface area contributed by atoms with Gasteiger partial charge in [0.1, 0.15) is 17.6 Å². The van der Waals surface area contributed by atoms with Crippen LogP contribution in [0, 0.1) is 0 Å². The van der Waals surface area contributed by atoms with Gasteiger partial charge in [-0.1, -0.05) is 121 Å². The molecule has 3 aromatic heterocycles. The lowest BCUT2D eigenvalue weighted by atomic mass is 10.0. The smallest absolute Gasteiger partial charge is 0.163 e. The highest BCUT2D eigenvalue weighted by Crippen LogP contribution is 2.45.